The molecule has 2 rings (SSSR count). The summed E-state index contributed by atoms with van der Waals surface area (Å²) in [6, 6.07) is 0. The predicted molar refractivity (Wildman–Crippen MR) is 77.7 cm³/mol. The fraction of sp³-hybridized carbons (Fsp3) is 0.250. The number of rotatable bonds is 4. The molecule has 0 unspecified atom stereocenters. The van der Waals surface area contributed by atoms with Crippen molar-refractivity contribution in [3.63, 3.8) is 0 Å². The highest BCUT2D eigenvalue weighted by Crippen LogP contribution is 2.23. The molecule has 0 saturated carbocycles. The second kappa shape index (κ2) is 7.04. The lowest BCUT2D eigenvalue weighted by Gasteiger charge is -2.08. The molecule has 134 valence electrons. The summed E-state index contributed by atoms with van der Waals surface area (Å²) in [5.41, 5.74) is 0.840. The fourth-order valence-electron chi connectivity index (χ4n) is 2.15. The van der Waals surface area contributed by atoms with Gasteiger partial charge in [-0.15, -0.1) is 0 Å². The summed E-state index contributed by atoms with van der Waals surface area (Å²) in [6.07, 6.45) is 2.36. The Balaban J connectivity index is 2.15. The Morgan fingerprint density at radius 2 is 1.56 bits per heavy atom. The van der Waals surface area contributed by atoms with Crippen LogP contribution in [-0.2, 0) is 23.2 Å². The number of esters is 1. The first kappa shape index (κ1) is 18.6. The minimum absolute atomic E-state index is 0.642. The van der Waals surface area contributed by atoms with Gasteiger partial charge in [0.05, 0.1) is 11.3 Å². The standard InChI is InChI=1S/C16H13F5N2O2/c1-7-9(8(2)23(3)22-7)4-5-11(24)25-6-10-12(17)14(19)16(21)15(20)13(10)18/h4-5H,6H2,1-3H3/b5-4+. The van der Waals surface area contributed by atoms with Gasteiger partial charge in [-0.3, -0.25) is 4.68 Å². The van der Waals surface area contributed by atoms with Crippen molar-refractivity contribution in [3.05, 3.63) is 57.7 Å². The number of hydrogen-bond donors (Lipinski definition) is 0. The van der Waals surface area contributed by atoms with Crippen LogP contribution in [0.2, 0.25) is 0 Å². The molecular formula is C16H13F5N2O2. The molecule has 1 aromatic heterocycles. The van der Waals surface area contributed by atoms with Crippen molar-refractivity contribution in [2.24, 2.45) is 7.05 Å². The molecule has 0 aliphatic heterocycles. The highest BCUT2D eigenvalue weighted by Gasteiger charge is 2.26. The molecule has 0 aliphatic rings. The first-order valence-electron chi connectivity index (χ1n) is 7.00. The molecule has 2 aromatic rings. The highest BCUT2D eigenvalue weighted by molar-refractivity contribution is 5.87. The van der Waals surface area contributed by atoms with Crippen LogP contribution in [0.4, 0.5) is 22.0 Å². The lowest BCUT2D eigenvalue weighted by molar-refractivity contribution is -0.139. The van der Waals surface area contributed by atoms with Gasteiger partial charge in [-0.2, -0.15) is 5.10 Å². The Labute approximate surface area is 139 Å². The van der Waals surface area contributed by atoms with Gasteiger partial charge in [-0.25, -0.2) is 26.7 Å². The molecule has 0 N–H and O–H groups in total. The number of hydrogen-bond acceptors (Lipinski definition) is 3. The molecule has 0 spiro atoms. The monoisotopic (exact) mass is 360 g/mol. The zero-order valence-corrected chi connectivity index (χ0v) is 13.5. The van der Waals surface area contributed by atoms with Crippen LogP contribution in [-0.4, -0.2) is 15.7 Å². The van der Waals surface area contributed by atoms with Crippen LogP contribution in [0.5, 0.6) is 0 Å². The van der Waals surface area contributed by atoms with Gasteiger partial charge in [0.2, 0.25) is 5.82 Å². The van der Waals surface area contributed by atoms with E-state index in [9.17, 15) is 26.7 Å². The lowest BCUT2D eigenvalue weighted by Crippen LogP contribution is -2.10. The number of benzene rings is 1. The lowest BCUT2D eigenvalue weighted by atomic mass is 10.2. The number of aryl methyl sites for hydroxylation is 2. The minimum Gasteiger partial charge on any atom is -0.457 e. The zero-order chi connectivity index (χ0) is 18.9. The summed E-state index contributed by atoms with van der Waals surface area (Å²) < 4.78 is 72.1. The van der Waals surface area contributed by atoms with Crippen molar-refractivity contribution in [2.75, 3.05) is 0 Å². The van der Waals surface area contributed by atoms with E-state index in [1.165, 1.54) is 6.08 Å². The Morgan fingerprint density at radius 1 is 1.04 bits per heavy atom. The summed E-state index contributed by atoms with van der Waals surface area (Å²) in [4.78, 5) is 11.6. The summed E-state index contributed by atoms with van der Waals surface area (Å²) in [5.74, 6) is -11.5. The van der Waals surface area contributed by atoms with E-state index in [1.807, 2.05) is 0 Å². The van der Waals surface area contributed by atoms with Gasteiger partial charge in [0.15, 0.2) is 23.3 Å². The molecule has 0 aliphatic carbocycles. The topological polar surface area (TPSA) is 44.1 Å². The molecule has 4 nitrogen and oxygen atoms in total. The second-order valence-corrected chi connectivity index (χ2v) is 5.20. The third-order valence-corrected chi connectivity index (χ3v) is 3.61. The van der Waals surface area contributed by atoms with E-state index in [0.29, 0.717) is 11.3 Å². The maximum atomic E-state index is 13.5. The Hall–Kier alpha value is -2.71. The molecule has 1 aromatic carbocycles. The Kier molecular flexibility index (Phi) is 5.24. The van der Waals surface area contributed by atoms with Gasteiger partial charge in [0.25, 0.3) is 0 Å². The van der Waals surface area contributed by atoms with Gasteiger partial charge in [-0.05, 0) is 19.9 Å². The molecule has 9 heteroatoms. The van der Waals surface area contributed by atoms with Gasteiger partial charge >= 0.3 is 5.97 Å². The van der Waals surface area contributed by atoms with E-state index in [1.54, 1.807) is 25.6 Å². The number of halogens is 5. The second-order valence-electron chi connectivity index (χ2n) is 5.20. The highest BCUT2D eigenvalue weighted by atomic mass is 19.2. The van der Waals surface area contributed by atoms with Crippen molar-refractivity contribution < 1.29 is 31.5 Å². The van der Waals surface area contributed by atoms with Gasteiger partial charge in [0, 0.05) is 24.4 Å². The van der Waals surface area contributed by atoms with Crippen LogP contribution in [0.15, 0.2) is 6.08 Å². The largest absolute Gasteiger partial charge is 0.457 e. The van der Waals surface area contributed by atoms with Gasteiger partial charge in [0.1, 0.15) is 6.61 Å². The van der Waals surface area contributed by atoms with Crippen LogP contribution in [0.3, 0.4) is 0 Å². The average molecular weight is 360 g/mol. The van der Waals surface area contributed by atoms with E-state index >= 15 is 0 Å². The maximum absolute atomic E-state index is 13.5. The van der Waals surface area contributed by atoms with Crippen molar-refractivity contribution in [1.82, 2.24) is 9.78 Å². The zero-order valence-electron chi connectivity index (χ0n) is 13.5. The molecular weight excluding hydrogens is 347 g/mol. The Bertz CT molecular complexity index is 845. The molecule has 1 heterocycles. The van der Waals surface area contributed by atoms with E-state index in [0.717, 1.165) is 11.8 Å². The fourth-order valence-corrected chi connectivity index (χ4v) is 2.15. The van der Waals surface area contributed by atoms with Crippen molar-refractivity contribution in [1.29, 1.82) is 0 Å². The first-order valence-corrected chi connectivity index (χ1v) is 7.00. The van der Waals surface area contributed by atoms with Gasteiger partial charge < -0.3 is 4.74 Å². The third-order valence-electron chi connectivity index (χ3n) is 3.61. The quantitative estimate of drug-likeness (QED) is 0.276. The van der Waals surface area contributed by atoms with Crippen molar-refractivity contribution in [2.45, 2.75) is 20.5 Å². The maximum Gasteiger partial charge on any atom is 0.331 e. The molecule has 0 radical (unpaired) electrons. The van der Waals surface area contributed by atoms with Crippen LogP contribution < -0.4 is 0 Å². The molecule has 0 amide bonds. The summed E-state index contributed by atoms with van der Waals surface area (Å²) >= 11 is 0. The average Bonchev–Trinajstić information content (AvgIpc) is 2.81. The van der Waals surface area contributed by atoms with E-state index < -0.39 is 47.2 Å². The molecule has 0 fully saturated rings. The smallest absolute Gasteiger partial charge is 0.331 e. The van der Waals surface area contributed by atoms with Crippen LogP contribution in [0, 0.1) is 42.9 Å². The normalized spacial score (nSPS) is 11.4. The summed E-state index contributed by atoms with van der Waals surface area (Å²) in [7, 11) is 1.71. The number of carbonyl (C=O) groups excluding carboxylic acids is 1. The minimum atomic E-state index is -2.27. The van der Waals surface area contributed by atoms with E-state index in [-0.39, 0.29) is 0 Å². The van der Waals surface area contributed by atoms with E-state index in [4.69, 9.17) is 0 Å². The third kappa shape index (κ3) is 3.54. The summed E-state index contributed by atoms with van der Waals surface area (Å²) in [6.45, 7) is 2.38. The number of nitrogens with zero attached hydrogens (tertiary/aromatic N) is 2. The van der Waals surface area contributed by atoms with E-state index in [2.05, 4.69) is 9.84 Å². The van der Waals surface area contributed by atoms with Crippen LogP contribution in [0.1, 0.15) is 22.5 Å². The van der Waals surface area contributed by atoms with Crippen LogP contribution >= 0.6 is 0 Å². The van der Waals surface area contributed by atoms with Crippen LogP contribution in [0.25, 0.3) is 6.08 Å². The SMILES string of the molecule is Cc1nn(C)c(C)c1/C=C/C(=O)OCc1c(F)c(F)c(F)c(F)c1F. The number of aromatic nitrogens is 2. The molecule has 25 heavy (non-hydrogen) atoms. The number of ether oxygens (including phenoxy) is 1. The predicted octanol–water partition coefficient (Wildman–Crippen LogP) is 3.49. The first-order chi connectivity index (χ1) is 11.6. The molecule has 0 saturated heterocycles. The summed E-state index contributed by atoms with van der Waals surface area (Å²) in [5, 5.41) is 4.13. The van der Waals surface area contributed by atoms with Crippen molar-refractivity contribution in [3.8, 4) is 0 Å². The molecule has 0 atom stereocenters. The van der Waals surface area contributed by atoms with Gasteiger partial charge in [-0.1, -0.05) is 0 Å². The van der Waals surface area contributed by atoms with Crippen molar-refractivity contribution >= 4 is 12.0 Å². The Morgan fingerprint density at radius 3 is 2.04 bits per heavy atom. The molecule has 0 bridgehead atoms. The number of carbonyl (C=O) groups is 1.